The van der Waals surface area contributed by atoms with E-state index in [0.29, 0.717) is 13.1 Å². The molecule has 0 aliphatic carbocycles. The molecule has 2 atom stereocenters. The third-order valence-electron chi connectivity index (χ3n) is 5.38. The summed E-state index contributed by atoms with van der Waals surface area (Å²) in [7, 11) is -3.92. The van der Waals surface area contributed by atoms with Crippen molar-refractivity contribution in [3.63, 3.8) is 0 Å². The second kappa shape index (κ2) is 9.20. The first kappa shape index (κ1) is 22.3. The molecule has 3 rings (SSSR count). The van der Waals surface area contributed by atoms with Crippen molar-refractivity contribution in [1.82, 2.24) is 14.5 Å². The third kappa shape index (κ3) is 4.85. The lowest BCUT2D eigenvalue weighted by Crippen LogP contribution is -2.55. The molecule has 0 radical (unpaired) electrons. The van der Waals surface area contributed by atoms with Crippen molar-refractivity contribution in [1.29, 1.82) is 0 Å². The zero-order chi connectivity index (χ0) is 21.9. The topological polar surface area (TPSA) is 69.7 Å². The fraction of sp³-hybridized carbons (Fsp3) is 0.381. The quantitative estimate of drug-likeness (QED) is 0.754. The Balaban J connectivity index is 1.58. The summed E-state index contributed by atoms with van der Waals surface area (Å²) in [6.07, 6.45) is 0. The van der Waals surface area contributed by atoms with Gasteiger partial charge in [-0.3, -0.25) is 9.69 Å². The van der Waals surface area contributed by atoms with E-state index < -0.39 is 21.9 Å². The Morgan fingerprint density at radius 2 is 1.57 bits per heavy atom. The van der Waals surface area contributed by atoms with Crippen molar-refractivity contribution in [2.45, 2.75) is 30.8 Å². The molecule has 30 heavy (non-hydrogen) atoms. The van der Waals surface area contributed by atoms with E-state index in [0.717, 1.165) is 11.6 Å². The molecule has 0 saturated carbocycles. The van der Waals surface area contributed by atoms with Crippen molar-refractivity contribution in [2.24, 2.45) is 0 Å². The van der Waals surface area contributed by atoms with Crippen LogP contribution in [0.3, 0.4) is 0 Å². The van der Waals surface area contributed by atoms with Crippen molar-refractivity contribution in [3.05, 3.63) is 65.7 Å². The molecular weight excluding hydrogens is 412 g/mol. The Morgan fingerprint density at radius 1 is 0.967 bits per heavy atom. The van der Waals surface area contributed by atoms with E-state index in [1.165, 1.54) is 34.6 Å². The molecule has 1 saturated heterocycles. The van der Waals surface area contributed by atoms with Gasteiger partial charge >= 0.3 is 0 Å². The predicted octanol–water partition coefficient (Wildman–Crippen LogP) is 2.54. The van der Waals surface area contributed by atoms with E-state index in [2.05, 4.69) is 5.32 Å². The first-order valence-electron chi connectivity index (χ1n) is 9.74. The monoisotopic (exact) mass is 437 g/mol. The van der Waals surface area contributed by atoms with Gasteiger partial charge in [0.1, 0.15) is 16.5 Å². The number of halogens is 2. The van der Waals surface area contributed by atoms with E-state index >= 15 is 0 Å². The zero-order valence-electron chi connectivity index (χ0n) is 16.9. The summed E-state index contributed by atoms with van der Waals surface area (Å²) < 4.78 is 53.7. The molecular formula is C21H25F2N3O3S. The summed E-state index contributed by atoms with van der Waals surface area (Å²) in [6.45, 7) is 4.62. The van der Waals surface area contributed by atoms with E-state index in [1.54, 1.807) is 19.1 Å². The molecule has 0 spiro atoms. The molecule has 0 aromatic heterocycles. The van der Waals surface area contributed by atoms with Crippen molar-refractivity contribution >= 4 is 15.9 Å². The number of sulfonamides is 1. The second-order valence-corrected chi connectivity index (χ2v) is 9.23. The largest absolute Gasteiger partial charge is 0.348 e. The maximum Gasteiger partial charge on any atom is 0.246 e. The minimum Gasteiger partial charge on any atom is -0.348 e. The number of carbonyl (C=O) groups excluding carboxylic acids is 1. The Hall–Kier alpha value is -2.36. The molecule has 0 unspecified atom stereocenters. The van der Waals surface area contributed by atoms with Gasteiger partial charge in [-0.05, 0) is 43.7 Å². The summed E-state index contributed by atoms with van der Waals surface area (Å²) >= 11 is 0. The van der Waals surface area contributed by atoms with Crippen LogP contribution in [0.25, 0.3) is 0 Å². The summed E-state index contributed by atoms with van der Waals surface area (Å²) in [5.41, 5.74) is 0.790. The minimum atomic E-state index is -3.92. The zero-order valence-corrected chi connectivity index (χ0v) is 17.7. The molecule has 1 N–H and O–H groups in total. The highest BCUT2D eigenvalue weighted by Crippen LogP contribution is 2.21. The average molecular weight is 438 g/mol. The number of rotatable bonds is 6. The fourth-order valence-corrected chi connectivity index (χ4v) is 4.95. The summed E-state index contributed by atoms with van der Waals surface area (Å²) in [4.78, 5) is 14.2. The maximum atomic E-state index is 13.9. The van der Waals surface area contributed by atoms with Gasteiger partial charge in [-0.25, -0.2) is 17.2 Å². The van der Waals surface area contributed by atoms with Crippen LogP contribution < -0.4 is 5.32 Å². The number of nitrogens with one attached hydrogen (secondary N) is 1. The van der Waals surface area contributed by atoms with Crippen LogP contribution in [0.1, 0.15) is 25.5 Å². The van der Waals surface area contributed by atoms with Gasteiger partial charge < -0.3 is 5.32 Å². The molecule has 1 heterocycles. The van der Waals surface area contributed by atoms with Crippen LogP contribution in [0.15, 0.2) is 53.4 Å². The van der Waals surface area contributed by atoms with Crippen molar-refractivity contribution in [3.8, 4) is 0 Å². The van der Waals surface area contributed by atoms with E-state index in [9.17, 15) is 22.0 Å². The lowest BCUT2D eigenvalue weighted by molar-refractivity contribution is -0.127. The molecule has 1 amide bonds. The number of piperazine rings is 1. The molecule has 2 aromatic carbocycles. The number of benzene rings is 2. The van der Waals surface area contributed by atoms with Gasteiger partial charge in [0.05, 0.1) is 12.1 Å². The summed E-state index contributed by atoms with van der Waals surface area (Å²) in [5, 5.41) is 2.90. The smallest absolute Gasteiger partial charge is 0.246 e. The van der Waals surface area contributed by atoms with E-state index in [-0.39, 0.29) is 35.8 Å². The molecule has 2 aromatic rings. The highest BCUT2D eigenvalue weighted by atomic mass is 32.2. The number of hydrogen-bond donors (Lipinski definition) is 1. The predicted molar refractivity (Wildman–Crippen MR) is 109 cm³/mol. The van der Waals surface area contributed by atoms with Gasteiger partial charge in [0.25, 0.3) is 0 Å². The first-order valence-corrected chi connectivity index (χ1v) is 11.2. The Morgan fingerprint density at radius 3 is 2.17 bits per heavy atom. The van der Waals surface area contributed by atoms with Gasteiger partial charge in [-0.1, -0.05) is 24.3 Å². The lowest BCUT2D eigenvalue weighted by atomic mass is 10.1. The molecule has 0 bridgehead atoms. The van der Waals surface area contributed by atoms with Gasteiger partial charge in [-0.15, -0.1) is 0 Å². The van der Waals surface area contributed by atoms with Crippen molar-refractivity contribution < 1.29 is 22.0 Å². The molecule has 1 aliphatic rings. The fourth-order valence-electron chi connectivity index (χ4n) is 3.46. The number of hydrogen-bond acceptors (Lipinski definition) is 4. The van der Waals surface area contributed by atoms with Crippen LogP contribution >= 0.6 is 0 Å². The first-order chi connectivity index (χ1) is 14.2. The van der Waals surface area contributed by atoms with Gasteiger partial charge in [0.2, 0.25) is 15.9 Å². The molecule has 1 aliphatic heterocycles. The van der Waals surface area contributed by atoms with Crippen molar-refractivity contribution in [2.75, 3.05) is 26.2 Å². The van der Waals surface area contributed by atoms with Crippen LogP contribution in [0.5, 0.6) is 0 Å². The SMILES string of the molecule is C[C@H](C(=O)N[C@H](C)c1ccc(F)cc1)N1CCN(S(=O)(=O)c2ccccc2F)CC1. The van der Waals surface area contributed by atoms with Crippen LogP contribution in [-0.2, 0) is 14.8 Å². The normalized spacial score (nSPS) is 18.0. The van der Waals surface area contributed by atoms with E-state index in [1.807, 2.05) is 11.8 Å². The van der Waals surface area contributed by atoms with Crippen LogP contribution in [-0.4, -0.2) is 55.8 Å². The Labute approximate surface area is 175 Å². The highest BCUT2D eigenvalue weighted by Gasteiger charge is 2.33. The molecule has 162 valence electrons. The highest BCUT2D eigenvalue weighted by molar-refractivity contribution is 7.89. The average Bonchev–Trinajstić information content (AvgIpc) is 2.74. The maximum absolute atomic E-state index is 13.9. The van der Waals surface area contributed by atoms with Crippen LogP contribution in [0, 0.1) is 11.6 Å². The van der Waals surface area contributed by atoms with Crippen LogP contribution in [0.4, 0.5) is 8.78 Å². The Kier molecular flexibility index (Phi) is 6.84. The van der Waals surface area contributed by atoms with Crippen LogP contribution in [0.2, 0.25) is 0 Å². The molecule has 1 fully saturated rings. The van der Waals surface area contributed by atoms with E-state index in [4.69, 9.17) is 0 Å². The van der Waals surface area contributed by atoms with Gasteiger partial charge in [0, 0.05) is 26.2 Å². The standard InChI is InChI=1S/C21H25F2N3O3S/c1-15(17-7-9-18(22)10-8-17)24-21(27)16(2)25-11-13-26(14-12-25)30(28,29)20-6-4-3-5-19(20)23/h3-10,15-16H,11-14H2,1-2H3,(H,24,27)/t15-,16-/m1/s1. The Bertz CT molecular complexity index is 991. The number of carbonyl (C=O) groups is 1. The second-order valence-electron chi connectivity index (χ2n) is 7.33. The summed E-state index contributed by atoms with van der Waals surface area (Å²) in [5.74, 6) is -1.31. The van der Waals surface area contributed by atoms with Gasteiger partial charge in [-0.2, -0.15) is 4.31 Å². The minimum absolute atomic E-state index is 0.168. The number of amides is 1. The molecule has 6 nitrogen and oxygen atoms in total. The molecule has 9 heteroatoms. The lowest BCUT2D eigenvalue weighted by Gasteiger charge is -2.37. The third-order valence-corrected chi connectivity index (χ3v) is 7.32. The summed E-state index contributed by atoms with van der Waals surface area (Å²) in [6, 6.07) is 10.5. The van der Waals surface area contributed by atoms with Gasteiger partial charge in [0.15, 0.2) is 0 Å². The number of nitrogens with zero attached hydrogens (tertiary/aromatic N) is 2.